The van der Waals surface area contributed by atoms with E-state index in [1.807, 2.05) is 35.0 Å². The molecule has 0 radical (unpaired) electrons. The van der Waals surface area contributed by atoms with Gasteiger partial charge in [0.15, 0.2) is 0 Å². The van der Waals surface area contributed by atoms with Gasteiger partial charge < -0.3 is 15.0 Å². The molecule has 5 rings (SSSR count). The summed E-state index contributed by atoms with van der Waals surface area (Å²) >= 11 is 0. The lowest BCUT2D eigenvalue weighted by molar-refractivity contribution is 0.101. The summed E-state index contributed by atoms with van der Waals surface area (Å²) in [4.78, 5) is 29.9. The van der Waals surface area contributed by atoms with Crippen LogP contribution in [0, 0.1) is 12.7 Å². The average molecular weight is 468 g/mol. The van der Waals surface area contributed by atoms with Gasteiger partial charge in [-0.1, -0.05) is 24.3 Å². The molecule has 0 aliphatic heterocycles. The molecule has 3 aromatic heterocycles. The third kappa shape index (κ3) is 4.79. The molecular formula is C26H21FN6O2. The largest absolute Gasteiger partial charge is 0.322 e. The maximum atomic E-state index is 13.9. The minimum Gasteiger partial charge on any atom is -0.322 e. The summed E-state index contributed by atoms with van der Waals surface area (Å²) < 4.78 is 17.6. The number of pyridine rings is 1. The van der Waals surface area contributed by atoms with Crippen LogP contribution in [0.15, 0.2) is 85.5 Å². The zero-order chi connectivity index (χ0) is 24.4. The summed E-state index contributed by atoms with van der Waals surface area (Å²) in [6, 6.07) is 16.4. The van der Waals surface area contributed by atoms with Crippen LogP contribution >= 0.6 is 0 Å². The normalized spacial score (nSPS) is 10.9. The predicted molar refractivity (Wildman–Crippen MR) is 130 cm³/mol. The van der Waals surface area contributed by atoms with Crippen LogP contribution in [-0.2, 0) is 6.54 Å². The molecule has 3 heterocycles. The van der Waals surface area contributed by atoms with E-state index in [4.69, 9.17) is 0 Å². The summed E-state index contributed by atoms with van der Waals surface area (Å²) in [6.45, 7) is 2.25. The molecule has 0 aliphatic carbocycles. The zero-order valence-electron chi connectivity index (χ0n) is 18.8. The highest BCUT2D eigenvalue weighted by atomic mass is 19.1. The van der Waals surface area contributed by atoms with Crippen LogP contribution in [0.4, 0.5) is 15.8 Å². The highest BCUT2D eigenvalue weighted by molar-refractivity contribution is 6.07. The second-order valence-electron chi connectivity index (χ2n) is 8.04. The number of halogens is 1. The Labute approximate surface area is 200 Å². The topological polar surface area (TPSA) is 93.3 Å². The van der Waals surface area contributed by atoms with Crippen molar-refractivity contribution in [2.24, 2.45) is 0 Å². The third-order valence-corrected chi connectivity index (χ3v) is 5.50. The van der Waals surface area contributed by atoms with Gasteiger partial charge in [-0.3, -0.25) is 14.3 Å². The lowest BCUT2D eigenvalue weighted by atomic mass is 10.1. The second-order valence-corrected chi connectivity index (χ2v) is 8.04. The SMILES string of the molecule is Cc1ccc(C(=O)Nc2cnn(Cc3cn4ccccc4n3)c2)cc1NC(=O)c1ccccc1F. The van der Waals surface area contributed by atoms with Crippen molar-refractivity contribution in [2.75, 3.05) is 10.6 Å². The fourth-order valence-electron chi connectivity index (χ4n) is 3.68. The molecule has 174 valence electrons. The number of carbonyl (C=O) groups is 2. The van der Waals surface area contributed by atoms with Crippen molar-refractivity contribution >= 4 is 28.8 Å². The fraction of sp³-hybridized carbons (Fsp3) is 0.0769. The summed E-state index contributed by atoms with van der Waals surface area (Å²) in [6.07, 6.45) is 7.13. The van der Waals surface area contributed by atoms with E-state index in [2.05, 4.69) is 20.7 Å². The molecule has 2 aromatic carbocycles. The number of hydrogen-bond donors (Lipinski definition) is 2. The molecule has 0 saturated heterocycles. The molecule has 0 fully saturated rings. The maximum absolute atomic E-state index is 13.9. The second kappa shape index (κ2) is 9.22. The predicted octanol–water partition coefficient (Wildman–Crippen LogP) is 4.53. The number of amides is 2. The van der Waals surface area contributed by atoms with E-state index in [9.17, 15) is 14.0 Å². The Hall–Kier alpha value is -4.79. The first kappa shape index (κ1) is 22.0. The van der Waals surface area contributed by atoms with E-state index in [1.54, 1.807) is 48.3 Å². The van der Waals surface area contributed by atoms with Crippen molar-refractivity contribution in [3.8, 4) is 0 Å². The van der Waals surface area contributed by atoms with Crippen molar-refractivity contribution in [3.05, 3.63) is 114 Å². The van der Waals surface area contributed by atoms with Gasteiger partial charge in [-0.15, -0.1) is 0 Å². The fourth-order valence-corrected chi connectivity index (χ4v) is 3.68. The van der Waals surface area contributed by atoms with Gasteiger partial charge >= 0.3 is 0 Å². The van der Waals surface area contributed by atoms with Gasteiger partial charge in [-0.2, -0.15) is 5.10 Å². The monoisotopic (exact) mass is 468 g/mol. The number of nitrogens with one attached hydrogen (secondary N) is 2. The van der Waals surface area contributed by atoms with Crippen molar-refractivity contribution in [2.45, 2.75) is 13.5 Å². The smallest absolute Gasteiger partial charge is 0.258 e. The van der Waals surface area contributed by atoms with Gasteiger partial charge in [0.2, 0.25) is 0 Å². The number of fused-ring (bicyclic) bond motifs is 1. The molecule has 5 aromatic rings. The Kier molecular flexibility index (Phi) is 5.80. The molecule has 8 nitrogen and oxygen atoms in total. The zero-order valence-corrected chi connectivity index (χ0v) is 18.8. The molecule has 2 N–H and O–H groups in total. The van der Waals surface area contributed by atoms with Crippen LogP contribution < -0.4 is 10.6 Å². The summed E-state index contributed by atoms with van der Waals surface area (Å²) in [5.41, 5.74) is 3.65. The molecule has 2 amide bonds. The highest BCUT2D eigenvalue weighted by Crippen LogP contribution is 2.20. The van der Waals surface area contributed by atoms with Crippen molar-refractivity contribution in [1.29, 1.82) is 0 Å². The van der Waals surface area contributed by atoms with Crippen LogP contribution in [0.3, 0.4) is 0 Å². The van der Waals surface area contributed by atoms with Gasteiger partial charge in [0.25, 0.3) is 11.8 Å². The number of anilines is 2. The number of imidazole rings is 1. The van der Waals surface area contributed by atoms with Crippen molar-refractivity contribution < 1.29 is 14.0 Å². The molecule has 9 heteroatoms. The molecule has 35 heavy (non-hydrogen) atoms. The minimum atomic E-state index is -0.614. The molecule has 0 spiro atoms. The standard InChI is InChI=1S/C26H21FN6O2/c1-17-9-10-18(12-23(17)31-26(35)21-6-2-3-7-22(21)27)25(34)30-19-13-28-33(15-19)16-20-14-32-11-5-4-8-24(32)29-20/h2-15H,16H2,1H3,(H,30,34)(H,31,35). The van der Waals surface area contributed by atoms with E-state index in [1.165, 1.54) is 18.2 Å². The van der Waals surface area contributed by atoms with E-state index >= 15 is 0 Å². The van der Waals surface area contributed by atoms with Crippen LogP contribution in [0.1, 0.15) is 32.0 Å². The van der Waals surface area contributed by atoms with Crippen molar-refractivity contribution in [1.82, 2.24) is 19.2 Å². The number of hydrogen-bond acceptors (Lipinski definition) is 4. The van der Waals surface area contributed by atoms with Crippen LogP contribution in [0.25, 0.3) is 5.65 Å². The number of aromatic nitrogens is 4. The molecule has 0 unspecified atom stereocenters. The number of nitrogens with zero attached hydrogens (tertiary/aromatic N) is 4. The number of aryl methyl sites for hydroxylation is 1. The number of benzene rings is 2. The van der Waals surface area contributed by atoms with E-state index in [-0.39, 0.29) is 11.5 Å². The average Bonchev–Trinajstić information content (AvgIpc) is 3.46. The van der Waals surface area contributed by atoms with E-state index in [0.29, 0.717) is 23.5 Å². The molecule has 0 atom stereocenters. The number of rotatable bonds is 6. The Morgan fingerprint density at radius 1 is 0.971 bits per heavy atom. The Balaban J connectivity index is 1.27. The van der Waals surface area contributed by atoms with Crippen LogP contribution in [0.5, 0.6) is 0 Å². The van der Waals surface area contributed by atoms with Crippen LogP contribution in [-0.4, -0.2) is 31.0 Å². The molecule has 0 saturated carbocycles. The first-order chi connectivity index (χ1) is 17.0. The summed E-state index contributed by atoms with van der Waals surface area (Å²) in [5, 5.41) is 9.80. The van der Waals surface area contributed by atoms with E-state index < -0.39 is 11.7 Å². The summed E-state index contributed by atoms with van der Waals surface area (Å²) in [5.74, 6) is -1.56. The lowest BCUT2D eigenvalue weighted by Gasteiger charge is -2.11. The number of carbonyl (C=O) groups excluding carboxylic acids is 2. The van der Waals surface area contributed by atoms with Crippen molar-refractivity contribution in [3.63, 3.8) is 0 Å². The maximum Gasteiger partial charge on any atom is 0.258 e. The van der Waals surface area contributed by atoms with Gasteiger partial charge in [-0.05, 0) is 48.9 Å². The quantitative estimate of drug-likeness (QED) is 0.383. The first-order valence-electron chi connectivity index (χ1n) is 10.9. The van der Waals surface area contributed by atoms with Gasteiger partial charge in [-0.25, -0.2) is 9.37 Å². The van der Waals surface area contributed by atoms with Crippen LogP contribution in [0.2, 0.25) is 0 Å². The summed E-state index contributed by atoms with van der Waals surface area (Å²) in [7, 11) is 0. The highest BCUT2D eigenvalue weighted by Gasteiger charge is 2.15. The first-order valence-corrected chi connectivity index (χ1v) is 10.9. The van der Waals surface area contributed by atoms with Gasteiger partial charge in [0.1, 0.15) is 11.5 Å². The van der Waals surface area contributed by atoms with Gasteiger partial charge in [0.05, 0.1) is 29.7 Å². The van der Waals surface area contributed by atoms with E-state index in [0.717, 1.165) is 16.9 Å². The molecular weight excluding hydrogens is 447 g/mol. The Bertz CT molecular complexity index is 1520. The molecule has 0 bridgehead atoms. The lowest BCUT2D eigenvalue weighted by Crippen LogP contribution is -2.16. The minimum absolute atomic E-state index is 0.0697. The Morgan fingerprint density at radius 3 is 2.63 bits per heavy atom. The third-order valence-electron chi connectivity index (χ3n) is 5.50. The Morgan fingerprint density at radius 2 is 1.80 bits per heavy atom. The van der Waals surface area contributed by atoms with Gasteiger partial charge in [0, 0.05) is 29.8 Å². The molecule has 0 aliphatic rings.